The van der Waals surface area contributed by atoms with Crippen LogP contribution in [-0.4, -0.2) is 10.7 Å². The van der Waals surface area contributed by atoms with Crippen LogP contribution < -0.4 is 0 Å². The van der Waals surface area contributed by atoms with Gasteiger partial charge in [-0.05, 0) is 56.2 Å². The van der Waals surface area contributed by atoms with Crippen LogP contribution >= 0.6 is 0 Å². The summed E-state index contributed by atoms with van der Waals surface area (Å²) in [6.07, 6.45) is 6.46. The summed E-state index contributed by atoms with van der Waals surface area (Å²) >= 11 is 0. The Balaban J connectivity index is 2.20. The van der Waals surface area contributed by atoms with E-state index in [-0.39, 0.29) is 0 Å². The quantitative estimate of drug-likeness (QED) is 0.849. The molecular formula is C18H28O. The van der Waals surface area contributed by atoms with Crippen LogP contribution in [0.15, 0.2) is 12.1 Å². The second-order valence-corrected chi connectivity index (χ2v) is 6.65. The van der Waals surface area contributed by atoms with E-state index in [1.54, 1.807) is 0 Å². The van der Waals surface area contributed by atoms with Crippen LogP contribution in [0.5, 0.6) is 0 Å². The lowest BCUT2D eigenvalue weighted by molar-refractivity contribution is -0.0164. The Hall–Kier alpha value is -0.820. The van der Waals surface area contributed by atoms with Crippen molar-refractivity contribution in [2.45, 2.75) is 71.8 Å². The van der Waals surface area contributed by atoms with Gasteiger partial charge in [-0.2, -0.15) is 0 Å². The first kappa shape index (κ1) is 14.6. The van der Waals surface area contributed by atoms with E-state index in [1.807, 2.05) is 0 Å². The van der Waals surface area contributed by atoms with E-state index in [1.165, 1.54) is 41.5 Å². The van der Waals surface area contributed by atoms with E-state index >= 15 is 0 Å². The lowest BCUT2D eigenvalue weighted by Crippen LogP contribution is -2.37. The number of benzene rings is 1. The zero-order valence-electron chi connectivity index (χ0n) is 12.9. The van der Waals surface area contributed by atoms with Crippen LogP contribution in [0.2, 0.25) is 0 Å². The highest BCUT2D eigenvalue weighted by atomic mass is 16.3. The zero-order chi connectivity index (χ0) is 14.0. The summed E-state index contributed by atoms with van der Waals surface area (Å²) in [6.45, 7) is 8.75. The van der Waals surface area contributed by atoms with Gasteiger partial charge >= 0.3 is 0 Å². The summed E-state index contributed by atoms with van der Waals surface area (Å²) in [5, 5.41) is 10.9. The van der Waals surface area contributed by atoms with E-state index < -0.39 is 5.60 Å². The SMILES string of the molecule is CCC1CCCC(O)(Cc2c(C)cc(C)cc2C)C1. The van der Waals surface area contributed by atoms with E-state index in [2.05, 4.69) is 39.8 Å². The Bertz CT molecular complexity index is 426. The fourth-order valence-corrected chi connectivity index (χ4v) is 3.79. The molecule has 1 nitrogen and oxygen atoms in total. The largest absolute Gasteiger partial charge is 0.390 e. The molecule has 0 amide bonds. The minimum absolute atomic E-state index is 0.469. The number of hydrogen-bond acceptors (Lipinski definition) is 1. The normalized spacial score (nSPS) is 27.5. The standard InChI is InChI=1S/C18H28O/c1-5-16-7-6-8-18(19,11-16)12-17-14(3)9-13(2)10-15(17)4/h9-10,16,19H,5-8,11-12H2,1-4H3. The van der Waals surface area contributed by atoms with E-state index in [0.29, 0.717) is 5.92 Å². The lowest BCUT2D eigenvalue weighted by Gasteiger charge is -2.37. The van der Waals surface area contributed by atoms with Gasteiger partial charge in [0.25, 0.3) is 0 Å². The van der Waals surface area contributed by atoms with Gasteiger partial charge < -0.3 is 5.11 Å². The number of hydrogen-bond donors (Lipinski definition) is 1. The van der Waals surface area contributed by atoms with Crippen molar-refractivity contribution in [3.05, 3.63) is 34.4 Å². The summed E-state index contributed by atoms with van der Waals surface area (Å²) in [7, 11) is 0. The molecule has 1 heteroatoms. The van der Waals surface area contributed by atoms with E-state index in [0.717, 1.165) is 19.3 Å². The van der Waals surface area contributed by atoms with Crippen molar-refractivity contribution in [3.63, 3.8) is 0 Å². The third-order valence-corrected chi connectivity index (χ3v) is 4.85. The number of rotatable bonds is 3. The van der Waals surface area contributed by atoms with Gasteiger partial charge in [-0.1, -0.05) is 43.9 Å². The number of aliphatic hydroxyl groups is 1. The monoisotopic (exact) mass is 260 g/mol. The maximum absolute atomic E-state index is 10.9. The molecule has 106 valence electrons. The molecule has 0 radical (unpaired) electrons. The van der Waals surface area contributed by atoms with Crippen molar-refractivity contribution < 1.29 is 5.11 Å². The second-order valence-electron chi connectivity index (χ2n) is 6.65. The maximum atomic E-state index is 10.9. The topological polar surface area (TPSA) is 20.2 Å². The molecule has 19 heavy (non-hydrogen) atoms. The fraction of sp³-hybridized carbons (Fsp3) is 0.667. The summed E-state index contributed by atoms with van der Waals surface area (Å²) in [4.78, 5) is 0. The van der Waals surface area contributed by atoms with Crippen LogP contribution in [0.3, 0.4) is 0 Å². The minimum Gasteiger partial charge on any atom is -0.390 e. The highest BCUT2D eigenvalue weighted by molar-refractivity contribution is 5.38. The predicted molar refractivity (Wildman–Crippen MR) is 81.6 cm³/mol. The van der Waals surface area contributed by atoms with Gasteiger partial charge in [0.15, 0.2) is 0 Å². The average molecular weight is 260 g/mol. The molecule has 2 rings (SSSR count). The number of aryl methyl sites for hydroxylation is 3. The molecule has 1 aromatic carbocycles. The van der Waals surface area contributed by atoms with Gasteiger partial charge in [0.1, 0.15) is 0 Å². The van der Waals surface area contributed by atoms with Gasteiger partial charge in [-0.15, -0.1) is 0 Å². The van der Waals surface area contributed by atoms with E-state index in [4.69, 9.17) is 0 Å². The molecule has 0 saturated heterocycles. The van der Waals surface area contributed by atoms with Crippen LogP contribution in [0.4, 0.5) is 0 Å². The van der Waals surface area contributed by atoms with Gasteiger partial charge in [0.2, 0.25) is 0 Å². The van der Waals surface area contributed by atoms with Crippen molar-refractivity contribution in [2.24, 2.45) is 5.92 Å². The molecule has 1 aliphatic rings. The summed E-state index contributed by atoms with van der Waals surface area (Å²) in [5.41, 5.74) is 4.89. The van der Waals surface area contributed by atoms with Gasteiger partial charge in [-0.25, -0.2) is 0 Å². The molecular weight excluding hydrogens is 232 g/mol. The Morgan fingerprint density at radius 3 is 2.42 bits per heavy atom. The highest BCUT2D eigenvalue weighted by Gasteiger charge is 2.34. The first-order valence-corrected chi connectivity index (χ1v) is 7.72. The maximum Gasteiger partial charge on any atom is 0.0690 e. The third kappa shape index (κ3) is 3.39. The minimum atomic E-state index is -0.469. The van der Waals surface area contributed by atoms with E-state index in [9.17, 15) is 5.11 Å². The molecule has 2 atom stereocenters. The molecule has 0 heterocycles. The van der Waals surface area contributed by atoms with Crippen LogP contribution in [0.25, 0.3) is 0 Å². The molecule has 1 aliphatic carbocycles. The van der Waals surface area contributed by atoms with Crippen molar-refractivity contribution in [2.75, 3.05) is 0 Å². The van der Waals surface area contributed by atoms with Gasteiger partial charge in [-0.3, -0.25) is 0 Å². The molecule has 1 saturated carbocycles. The Morgan fingerprint density at radius 2 is 1.84 bits per heavy atom. The molecule has 1 N–H and O–H groups in total. The molecule has 2 unspecified atom stereocenters. The first-order valence-electron chi connectivity index (χ1n) is 7.72. The van der Waals surface area contributed by atoms with Crippen LogP contribution in [0.1, 0.15) is 61.3 Å². The smallest absolute Gasteiger partial charge is 0.0690 e. The predicted octanol–water partition coefficient (Wildman–Crippen LogP) is 4.49. The average Bonchev–Trinajstić information content (AvgIpc) is 2.34. The summed E-state index contributed by atoms with van der Waals surface area (Å²) in [6, 6.07) is 4.48. The molecule has 0 aromatic heterocycles. The van der Waals surface area contributed by atoms with Gasteiger partial charge in [0.05, 0.1) is 5.60 Å². The fourth-order valence-electron chi connectivity index (χ4n) is 3.79. The van der Waals surface area contributed by atoms with Crippen molar-refractivity contribution in [1.82, 2.24) is 0 Å². The van der Waals surface area contributed by atoms with Crippen molar-refractivity contribution in [1.29, 1.82) is 0 Å². The Labute approximate surface area is 118 Å². The molecule has 1 fully saturated rings. The molecule has 0 bridgehead atoms. The van der Waals surface area contributed by atoms with Crippen LogP contribution in [-0.2, 0) is 6.42 Å². The zero-order valence-corrected chi connectivity index (χ0v) is 12.9. The summed E-state index contributed by atoms with van der Waals surface area (Å²) < 4.78 is 0. The Morgan fingerprint density at radius 1 is 1.21 bits per heavy atom. The van der Waals surface area contributed by atoms with Gasteiger partial charge in [0, 0.05) is 6.42 Å². The summed E-state index contributed by atoms with van der Waals surface area (Å²) in [5.74, 6) is 0.713. The first-order chi connectivity index (χ1) is 8.93. The highest BCUT2D eigenvalue weighted by Crippen LogP contribution is 2.37. The van der Waals surface area contributed by atoms with Crippen LogP contribution in [0, 0.1) is 26.7 Å². The lowest BCUT2D eigenvalue weighted by atomic mass is 9.73. The molecule has 0 spiro atoms. The molecule has 0 aliphatic heterocycles. The second kappa shape index (κ2) is 5.66. The van der Waals surface area contributed by atoms with Crippen molar-refractivity contribution in [3.8, 4) is 0 Å². The Kier molecular flexibility index (Phi) is 4.35. The molecule has 1 aromatic rings. The van der Waals surface area contributed by atoms with Crippen molar-refractivity contribution >= 4 is 0 Å². The third-order valence-electron chi connectivity index (χ3n) is 4.85.